The first kappa shape index (κ1) is 13.5. The van der Waals surface area contributed by atoms with E-state index in [0.29, 0.717) is 6.01 Å². The summed E-state index contributed by atoms with van der Waals surface area (Å²) in [6.07, 6.45) is 3.75. The molecule has 4 nitrogen and oxygen atoms in total. The summed E-state index contributed by atoms with van der Waals surface area (Å²) < 4.78 is 11.1. The average Bonchev–Trinajstić information content (AvgIpc) is 2.85. The fourth-order valence-electron chi connectivity index (χ4n) is 1.81. The van der Waals surface area contributed by atoms with E-state index in [1.54, 1.807) is 13.2 Å². The molecule has 0 amide bonds. The van der Waals surface area contributed by atoms with E-state index in [-0.39, 0.29) is 6.10 Å². The highest BCUT2D eigenvalue weighted by Crippen LogP contribution is 2.16. The maximum Gasteiger partial charge on any atom is 0.294 e. The molecule has 1 heterocycles. The average molecular weight is 260 g/mol. The number of rotatable bonds is 6. The van der Waals surface area contributed by atoms with Gasteiger partial charge in [0, 0.05) is 13.5 Å². The van der Waals surface area contributed by atoms with Crippen LogP contribution in [0.2, 0.25) is 0 Å². The molecular formula is C15H20N2O2. The zero-order chi connectivity index (χ0) is 13.7. The highest BCUT2D eigenvalue weighted by molar-refractivity contribution is 5.28. The molecule has 1 aromatic carbocycles. The Labute approximate surface area is 113 Å². The second kappa shape index (κ2) is 6.27. The summed E-state index contributed by atoms with van der Waals surface area (Å²) in [6, 6.07) is 8.76. The molecule has 2 aromatic rings. The first-order valence-corrected chi connectivity index (χ1v) is 6.55. The Balaban J connectivity index is 1.89. The minimum atomic E-state index is 0.208. The molecule has 0 saturated carbocycles. The number of oxazole rings is 1. The van der Waals surface area contributed by atoms with Crippen molar-refractivity contribution in [3.05, 3.63) is 41.8 Å². The second-order valence-corrected chi connectivity index (χ2v) is 4.69. The Morgan fingerprint density at radius 2 is 1.95 bits per heavy atom. The molecule has 2 rings (SSSR count). The number of anilines is 1. The van der Waals surface area contributed by atoms with Gasteiger partial charge in [0.05, 0.1) is 12.3 Å². The Hall–Kier alpha value is -1.97. The summed E-state index contributed by atoms with van der Waals surface area (Å²) in [5, 5.41) is 2.88. The molecule has 0 aliphatic carbocycles. The third-order valence-electron chi connectivity index (χ3n) is 2.72. The summed E-state index contributed by atoms with van der Waals surface area (Å²) in [5.41, 5.74) is 1.26. The maximum atomic E-state index is 5.61. The molecule has 0 spiro atoms. The fraction of sp³-hybridized carbons (Fsp3) is 0.400. The third kappa shape index (κ3) is 4.02. The van der Waals surface area contributed by atoms with Gasteiger partial charge in [0.2, 0.25) is 0 Å². The molecular weight excluding hydrogens is 240 g/mol. The molecule has 0 aliphatic rings. The van der Waals surface area contributed by atoms with Crippen molar-refractivity contribution in [2.75, 3.05) is 12.4 Å². The number of ether oxygens (including phenoxy) is 1. The molecule has 0 aliphatic heterocycles. The largest absolute Gasteiger partial charge is 0.491 e. The van der Waals surface area contributed by atoms with Crippen LogP contribution in [-0.4, -0.2) is 18.1 Å². The van der Waals surface area contributed by atoms with Gasteiger partial charge in [0.1, 0.15) is 11.5 Å². The molecule has 0 fully saturated rings. The van der Waals surface area contributed by atoms with Crippen molar-refractivity contribution in [3.63, 3.8) is 0 Å². The first-order valence-electron chi connectivity index (χ1n) is 6.55. The van der Waals surface area contributed by atoms with Crippen LogP contribution in [0.5, 0.6) is 5.75 Å². The van der Waals surface area contributed by atoms with Crippen LogP contribution in [-0.2, 0) is 12.8 Å². The van der Waals surface area contributed by atoms with E-state index in [2.05, 4.69) is 22.4 Å². The number of nitrogens with one attached hydrogen (secondary N) is 1. The zero-order valence-electron chi connectivity index (χ0n) is 11.6. The monoisotopic (exact) mass is 260 g/mol. The van der Waals surface area contributed by atoms with Gasteiger partial charge in [-0.3, -0.25) is 0 Å². The van der Waals surface area contributed by atoms with Gasteiger partial charge >= 0.3 is 0 Å². The van der Waals surface area contributed by atoms with Crippen LogP contribution in [0.15, 0.2) is 34.9 Å². The van der Waals surface area contributed by atoms with Gasteiger partial charge in [-0.1, -0.05) is 12.1 Å². The summed E-state index contributed by atoms with van der Waals surface area (Å²) in [6.45, 7) is 4.05. The molecule has 1 N–H and O–H groups in total. The Morgan fingerprint density at radius 1 is 1.21 bits per heavy atom. The van der Waals surface area contributed by atoms with E-state index >= 15 is 0 Å². The van der Waals surface area contributed by atoms with Crippen molar-refractivity contribution in [2.45, 2.75) is 32.8 Å². The van der Waals surface area contributed by atoms with Crippen LogP contribution < -0.4 is 10.1 Å². The predicted molar refractivity (Wildman–Crippen MR) is 75.7 cm³/mol. The van der Waals surface area contributed by atoms with Crippen LogP contribution in [0.3, 0.4) is 0 Å². The molecule has 1 aromatic heterocycles. The van der Waals surface area contributed by atoms with E-state index in [4.69, 9.17) is 9.15 Å². The highest BCUT2D eigenvalue weighted by atomic mass is 16.5. The van der Waals surface area contributed by atoms with Gasteiger partial charge in [0.15, 0.2) is 0 Å². The van der Waals surface area contributed by atoms with Gasteiger partial charge in [-0.15, -0.1) is 0 Å². The topological polar surface area (TPSA) is 47.3 Å². The Bertz CT molecular complexity index is 503. The summed E-state index contributed by atoms with van der Waals surface area (Å²) in [7, 11) is 1.79. The van der Waals surface area contributed by atoms with Gasteiger partial charge in [0.25, 0.3) is 6.01 Å². The number of nitrogens with zero attached hydrogens (tertiary/aromatic N) is 1. The molecule has 0 bridgehead atoms. The van der Waals surface area contributed by atoms with Crippen LogP contribution in [0.1, 0.15) is 25.2 Å². The minimum Gasteiger partial charge on any atom is -0.491 e. The van der Waals surface area contributed by atoms with Gasteiger partial charge in [-0.25, -0.2) is 4.98 Å². The highest BCUT2D eigenvalue weighted by Gasteiger charge is 2.03. The molecule has 4 heteroatoms. The number of hydrogen-bond donors (Lipinski definition) is 1. The molecule has 0 unspecified atom stereocenters. The summed E-state index contributed by atoms with van der Waals surface area (Å²) in [4.78, 5) is 4.10. The molecule has 102 valence electrons. The van der Waals surface area contributed by atoms with Crippen molar-refractivity contribution in [1.82, 2.24) is 4.98 Å². The van der Waals surface area contributed by atoms with E-state index in [1.807, 2.05) is 26.0 Å². The zero-order valence-corrected chi connectivity index (χ0v) is 11.6. The van der Waals surface area contributed by atoms with E-state index in [9.17, 15) is 0 Å². The van der Waals surface area contributed by atoms with Crippen LogP contribution in [0.4, 0.5) is 6.01 Å². The van der Waals surface area contributed by atoms with Crippen molar-refractivity contribution in [1.29, 1.82) is 0 Å². The summed E-state index contributed by atoms with van der Waals surface area (Å²) >= 11 is 0. The smallest absolute Gasteiger partial charge is 0.294 e. The van der Waals surface area contributed by atoms with E-state index in [0.717, 1.165) is 24.4 Å². The van der Waals surface area contributed by atoms with Crippen LogP contribution >= 0.6 is 0 Å². The Morgan fingerprint density at radius 3 is 2.53 bits per heavy atom. The minimum absolute atomic E-state index is 0.208. The van der Waals surface area contributed by atoms with Crippen molar-refractivity contribution < 1.29 is 9.15 Å². The second-order valence-electron chi connectivity index (χ2n) is 4.69. The quantitative estimate of drug-likeness (QED) is 0.865. The number of aromatic nitrogens is 1. The molecule has 0 radical (unpaired) electrons. The molecule has 19 heavy (non-hydrogen) atoms. The number of benzene rings is 1. The van der Waals surface area contributed by atoms with Crippen LogP contribution in [0, 0.1) is 0 Å². The van der Waals surface area contributed by atoms with Crippen LogP contribution in [0.25, 0.3) is 0 Å². The van der Waals surface area contributed by atoms with Gasteiger partial charge in [-0.05, 0) is 38.0 Å². The van der Waals surface area contributed by atoms with Crippen molar-refractivity contribution >= 4 is 6.01 Å². The van der Waals surface area contributed by atoms with E-state index in [1.165, 1.54) is 5.56 Å². The van der Waals surface area contributed by atoms with Crippen molar-refractivity contribution in [3.8, 4) is 5.75 Å². The number of aryl methyl sites for hydroxylation is 2. The van der Waals surface area contributed by atoms with Gasteiger partial charge in [-0.2, -0.15) is 0 Å². The standard InChI is InChI=1S/C15H20N2O2/c1-11(2)18-13-7-4-12(5-8-13)6-9-14-10-17-15(16-3)19-14/h4-5,7-8,10-11H,6,9H2,1-3H3,(H,16,17). The van der Waals surface area contributed by atoms with E-state index < -0.39 is 0 Å². The normalized spacial score (nSPS) is 10.7. The SMILES string of the molecule is CNc1ncc(CCc2ccc(OC(C)C)cc2)o1. The summed E-state index contributed by atoms with van der Waals surface area (Å²) in [5.74, 6) is 1.81. The maximum absolute atomic E-state index is 5.61. The fourth-order valence-corrected chi connectivity index (χ4v) is 1.81. The lowest BCUT2D eigenvalue weighted by Gasteiger charge is -2.09. The number of hydrogen-bond acceptors (Lipinski definition) is 4. The first-order chi connectivity index (χ1) is 9.17. The predicted octanol–water partition coefficient (Wildman–Crippen LogP) is 3.29. The Kier molecular flexibility index (Phi) is 4.44. The lowest BCUT2D eigenvalue weighted by molar-refractivity contribution is 0.242. The van der Waals surface area contributed by atoms with Crippen molar-refractivity contribution in [2.24, 2.45) is 0 Å². The third-order valence-corrected chi connectivity index (χ3v) is 2.72. The molecule has 0 atom stereocenters. The van der Waals surface area contributed by atoms with Gasteiger partial charge < -0.3 is 14.5 Å². The molecule has 0 saturated heterocycles. The lowest BCUT2D eigenvalue weighted by Crippen LogP contribution is -2.05. The lowest BCUT2D eigenvalue weighted by atomic mass is 10.1.